The van der Waals surface area contributed by atoms with Gasteiger partial charge in [0.15, 0.2) is 0 Å². The lowest BCUT2D eigenvalue weighted by Gasteiger charge is -2.38. The third-order valence-corrected chi connectivity index (χ3v) is 4.05. The average Bonchev–Trinajstić information content (AvgIpc) is 2.61. The Morgan fingerprint density at radius 3 is 2.79 bits per heavy atom. The fourth-order valence-corrected chi connectivity index (χ4v) is 2.80. The first kappa shape index (κ1) is 16.4. The number of likely N-dealkylation sites (tertiary alicyclic amines) is 1. The van der Waals surface area contributed by atoms with Crippen LogP contribution in [-0.4, -0.2) is 46.2 Å². The van der Waals surface area contributed by atoms with Crippen molar-refractivity contribution in [3.05, 3.63) is 60.2 Å². The molecule has 1 saturated heterocycles. The van der Waals surface area contributed by atoms with Gasteiger partial charge in [-0.15, -0.1) is 0 Å². The molecular weight excluding hydrogens is 311 g/mol. The Bertz CT molecular complexity index is 693. The molecule has 1 atom stereocenters. The molecule has 1 unspecified atom stereocenters. The van der Waals surface area contributed by atoms with E-state index in [9.17, 15) is 14.3 Å². The van der Waals surface area contributed by atoms with Gasteiger partial charge in [0, 0.05) is 12.7 Å². The van der Waals surface area contributed by atoms with E-state index in [1.54, 1.807) is 29.3 Å². The second kappa shape index (κ2) is 6.97. The molecule has 5 nitrogen and oxygen atoms in total. The van der Waals surface area contributed by atoms with Crippen LogP contribution in [0, 0.1) is 5.82 Å². The second-order valence-corrected chi connectivity index (χ2v) is 6.01. The highest BCUT2D eigenvalue weighted by molar-refractivity contribution is 5.92. The monoisotopic (exact) mass is 330 g/mol. The number of carbonyl (C=O) groups excluding carboxylic acids is 1. The fourth-order valence-electron chi connectivity index (χ4n) is 2.80. The van der Waals surface area contributed by atoms with Crippen molar-refractivity contribution in [2.75, 3.05) is 19.7 Å². The fraction of sp³-hybridized carbons (Fsp3) is 0.333. The molecule has 1 aromatic carbocycles. The first-order valence-electron chi connectivity index (χ1n) is 7.87. The minimum absolute atomic E-state index is 0.0463. The Balaban J connectivity index is 1.63. The van der Waals surface area contributed by atoms with Crippen molar-refractivity contribution >= 4 is 5.91 Å². The summed E-state index contributed by atoms with van der Waals surface area (Å²) >= 11 is 0. The summed E-state index contributed by atoms with van der Waals surface area (Å²) in [6, 6.07) is 10.8. The summed E-state index contributed by atoms with van der Waals surface area (Å²) in [5, 5.41) is 10.7. The topological polar surface area (TPSA) is 62.7 Å². The SMILES string of the molecule is O=C(c1ccccn1)N1CCCC(O)(COc2ccc(F)cc2)C1. The van der Waals surface area contributed by atoms with Crippen molar-refractivity contribution in [1.82, 2.24) is 9.88 Å². The van der Waals surface area contributed by atoms with Crippen LogP contribution in [0.4, 0.5) is 4.39 Å². The Morgan fingerprint density at radius 2 is 2.08 bits per heavy atom. The number of aliphatic hydroxyl groups is 1. The highest BCUT2D eigenvalue weighted by Crippen LogP contribution is 2.24. The first-order valence-corrected chi connectivity index (χ1v) is 7.87. The van der Waals surface area contributed by atoms with Crippen molar-refractivity contribution in [1.29, 1.82) is 0 Å². The number of benzene rings is 1. The molecule has 6 heteroatoms. The van der Waals surface area contributed by atoms with E-state index in [-0.39, 0.29) is 24.9 Å². The van der Waals surface area contributed by atoms with Crippen LogP contribution >= 0.6 is 0 Å². The number of nitrogens with zero attached hydrogens (tertiary/aromatic N) is 2. The summed E-state index contributed by atoms with van der Waals surface area (Å²) in [4.78, 5) is 18.1. The highest BCUT2D eigenvalue weighted by Gasteiger charge is 2.36. The molecule has 1 amide bonds. The number of hydrogen-bond donors (Lipinski definition) is 1. The molecule has 0 bridgehead atoms. The predicted octanol–water partition coefficient (Wildman–Crippen LogP) is 2.27. The van der Waals surface area contributed by atoms with E-state index in [1.165, 1.54) is 24.3 Å². The van der Waals surface area contributed by atoms with E-state index in [0.717, 1.165) is 0 Å². The Morgan fingerprint density at radius 1 is 1.29 bits per heavy atom. The molecule has 1 aliphatic rings. The lowest BCUT2D eigenvalue weighted by atomic mass is 9.93. The number of hydrogen-bond acceptors (Lipinski definition) is 4. The maximum Gasteiger partial charge on any atom is 0.272 e. The Hall–Kier alpha value is -2.47. The summed E-state index contributed by atoms with van der Waals surface area (Å²) in [6.07, 6.45) is 2.79. The van der Waals surface area contributed by atoms with Crippen LogP contribution in [0.1, 0.15) is 23.3 Å². The van der Waals surface area contributed by atoms with Gasteiger partial charge in [-0.25, -0.2) is 4.39 Å². The van der Waals surface area contributed by atoms with Crippen molar-refractivity contribution in [2.45, 2.75) is 18.4 Å². The smallest absolute Gasteiger partial charge is 0.272 e. The standard InChI is InChI=1S/C18H19FN2O3/c19-14-5-7-15(8-6-14)24-13-18(23)9-3-11-21(12-18)17(22)16-4-1-2-10-20-16/h1-2,4-8,10,23H,3,9,11-13H2. The van der Waals surface area contributed by atoms with Gasteiger partial charge in [-0.1, -0.05) is 6.07 Å². The Kier molecular flexibility index (Phi) is 4.76. The highest BCUT2D eigenvalue weighted by atomic mass is 19.1. The van der Waals surface area contributed by atoms with Crippen LogP contribution in [0.3, 0.4) is 0 Å². The van der Waals surface area contributed by atoms with Crippen molar-refractivity contribution in [3.8, 4) is 5.75 Å². The van der Waals surface area contributed by atoms with E-state index in [4.69, 9.17) is 4.74 Å². The maximum absolute atomic E-state index is 12.9. The molecule has 1 aliphatic heterocycles. The molecule has 0 radical (unpaired) electrons. The van der Waals surface area contributed by atoms with E-state index in [0.29, 0.717) is 30.8 Å². The number of rotatable bonds is 4. The minimum atomic E-state index is -1.13. The molecule has 3 rings (SSSR count). The van der Waals surface area contributed by atoms with Crippen LogP contribution in [-0.2, 0) is 0 Å². The quantitative estimate of drug-likeness (QED) is 0.934. The molecule has 0 saturated carbocycles. The number of carbonyl (C=O) groups is 1. The van der Waals surface area contributed by atoms with Gasteiger partial charge in [0.2, 0.25) is 0 Å². The van der Waals surface area contributed by atoms with E-state index >= 15 is 0 Å². The number of ether oxygens (including phenoxy) is 1. The van der Waals surface area contributed by atoms with Gasteiger partial charge in [-0.2, -0.15) is 0 Å². The van der Waals surface area contributed by atoms with Gasteiger partial charge in [0.05, 0.1) is 6.54 Å². The van der Waals surface area contributed by atoms with E-state index < -0.39 is 5.60 Å². The molecule has 126 valence electrons. The molecule has 24 heavy (non-hydrogen) atoms. The number of piperidine rings is 1. The van der Waals surface area contributed by atoms with Gasteiger partial charge in [-0.3, -0.25) is 9.78 Å². The predicted molar refractivity (Wildman–Crippen MR) is 86.2 cm³/mol. The van der Waals surface area contributed by atoms with Gasteiger partial charge in [0.1, 0.15) is 29.5 Å². The molecule has 2 aromatic rings. The summed E-state index contributed by atoms with van der Waals surface area (Å²) in [5.41, 5.74) is -0.766. The Labute approximate surface area is 139 Å². The molecule has 1 N–H and O–H groups in total. The van der Waals surface area contributed by atoms with E-state index in [2.05, 4.69) is 4.98 Å². The summed E-state index contributed by atoms with van der Waals surface area (Å²) in [6.45, 7) is 0.808. The number of amides is 1. The normalized spacial score (nSPS) is 20.7. The van der Waals surface area contributed by atoms with Crippen molar-refractivity contribution in [3.63, 3.8) is 0 Å². The van der Waals surface area contributed by atoms with E-state index in [1.807, 2.05) is 0 Å². The summed E-state index contributed by atoms with van der Waals surface area (Å²) in [7, 11) is 0. The second-order valence-electron chi connectivity index (χ2n) is 6.01. The van der Waals surface area contributed by atoms with Crippen LogP contribution in [0.15, 0.2) is 48.7 Å². The van der Waals surface area contributed by atoms with Gasteiger partial charge >= 0.3 is 0 Å². The first-order chi connectivity index (χ1) is 11.6. The number of aromatic nitrogens is 1. The zero-order valence-electron chi connectivity index (χ0n) is 13.2. The third-order valence-electron chi connectivity index (χ3n) is 4.05. The minimum Gasteiger partial charge on any atom is -0.491 e. The van der Waals surface area contributed by atoms with Gasteiger partial charge < -0.3 is 14.7 Å². The summed E-state index contributed by atoms with van der Waals surface area (Å²) < 4.78 is 18.5. The lowest BCUT2D eigenvalue weighted by Crippen LogP contribution is -2.53. The number of pyridine rings is 1. The molecule has 0 aliphatic carbocycles. The van der Waals surface area contributed by atoms with Gasteiger partial charge in [-0.05, 0) is 49.2 Å². The molecule has 1 fully saturated rings. The van der Waals surface area contributed by atoms with Crippen LogP contribution in [0.25, 0.3) is 0 Å². The molecular formula is C18H19FN2O3. The number of β-amino-alcohol motifs (C(OH)–C–C–N with tert-alkyl or cyclic N) is 1. The largest absolute Gasteiger partial charge is 0.491 e. The molecule has 2 heterocycles. The van der Waals surface area contributed by atoms with Gasteiger partial charge in [0.25, 0.3) is 5.91 Å². The molecule has 1 aromatic heterocycles. The van der Waals surface area contributed by atoms with Crippen molar-refractivity contribution in [2.24, 2.45) is 0 Å². The lowest BCUT2D eigenvalue weighted by molar-refractivity contribution is -0.0533. The zero-order chi connectivity index (χ0) is 17.0. The van der Waals surface area contributed by atoms with Crippen LogP contribution in [0.2, 0.25) is 0 Å². The zero-order valence-corrected chi connectivity index (χ0v) is 13.2. The molecule has 0 spiro atoms. The third kappa shape index (κ3) is 3.89. The summed E-state index contributed by atoms with van der Waals surface area (Å²) in [5.74, 6) is -0.0561. The van der Waals surface area contributed by atoms with Crippen molar-refractivity contribution < 1.29 is 19.0 Å². The van der Waals surface area contributed by atoms with Crippen LogP contribution < -0.4 is 4.74 Å². The maximum atomic E-state index is 12.9. The van der Waals surface area contributed by atoms with Crippen LogP contribution in [0.5, 0.6) is 5.75 Å². The average molecular weight is 330 g/mol. The number of halogens is 1.